The number of benzene rings is 2. The minimum absolute atomic E-state index is 0.00240. The number of aromatic amines is 1. The number of hydrogen-bond donors (Lipinski definition) is 2. The zero-order valence-corrected chi connectivity index (χ0v) is 16.1. The number of fused-ring (bicyclic) bond motifs is 1. The third-order valence-corrected chi connectivity index (χ3v) is 5.12. The molecule has 7 nitrogen and oxygen atoms in total. The first-order chi connectivity index (χ1) is 14.2. The van der Waals surface area contributed by atoms with Crippen molar-refractivity contribution in [1.29, 1.82) is 5.26 Å². The summed E-state index contributed by atoms with van der Waals surface area (Å²) in [6, 6.07) is 15.9. The lowest BCUT2D eigenvalue weighted by molar-refractivity contribution is -0.119. The van der Waals surface area contributed by atoms with E-state index in [0.29, 0.717) is 12.3 Å². The summed E-state index contributed by atoms with van der Waals surface area (Å²) in [5.74, 6) is -0.249. The molecule has 2 aromatic carbocycles. The van der Waals surface area contributed by atoms with E-state index >= 15 is 0 Å². The van der Waals surface area contributed by atoms with Crippen LogP contribution in [-0.2, 0) is 14.3 Å². The molecule has 29 heavy (non-hydrogen) atoms. The van der Waals surface area contributed by atoms with Crippen molar-refractivity contribution in [2.24, 2.45) is 5.92 Å². The molecule has 4 rings (SSSR count). The Kier molecular flexibility index (Phi) is 5.56. The average Bonchev–Trinajstić information content (AvgIpc) is 3.18. The number of carbonyl (C=O) groups excluding carboxylic acids is 1. The van der Waals surface area contributed by atoms with Crippen molar-refractivity contribution in [3.05, 3.63) is 48.0 Å². The van der Waals surface area contributed by atoms with Crippen molar-refractivity contribution in [1.82, 2.24) is 10.2 Å². The fraction of sp³-hybridized carbons (Fsp3) is 0.318. The molecule has 3 aromatic rings. The van der Waals surface area contributed by atoms with Crippen molar-refractivity contribution in [2.75, 3.05) is 25.6 Å². The minimum atomic E-state index is -0.208. The third-order valence-electron chi connectivity index (χ3n) is 5.12. The highest BCUT2D eigenvalue weighted by Gasteiger charge is 2.26. The van der Waals surface area contributed by atoms with Crippen LogP contribution in [0.2, 0.25) is 0 Å². The number of anilines is 1. The van der Waals surface area contributed by atoms with Gasteiger partial charge in [0.05, 0.1) is 30.2 Å². The van der Waals surface area contributed by atoms with E-state index in [1.807, 2.05) is 36.4 Å². The van der Waals surface area contributed by atoms with Gasteiger partial charge in [0.1, 0.15) is 12.3 Å². The number of aromatic nitrogens is 2. The molecule has 0 aliphatic carbocycles. The molecule has 2 atom stereocenters. The summed E-state index contributed by atoms with van der Waals surface area (Å²) in [6.45, 7) is 0.453. The number of carbonyl (C=O) groups is 1. The molecular weight excluding hydrogens is 368 g/mol. The summed E-state index contributed by atoms with van der Waals surface area (Å²) in [6.07, 6.45) is 1.56. The molecule has 0 saturated carbocycles. The normalized spacial score (nSPS) is 19.0. The van der Waals surface area contributed by atoms with Gasteiger partial charge in [-0.2, -0.15) is 10.4 Å². The van der Waals surface area contributed by atoms with Crippen LogP contribution in [0.4, 0.5) is 5.69 Å². The van der Waals surface area contributed by atoms with Crippen LogP contribution >= 0.6 is 0 Å². The van der Waals surface area contributed by atoms with E-state index in [1.165, 1.54) is 7.11 Å². The lowest BCUT2D eigenvalue weighted by atomic mass is 9.92. The maximum atomic E-state index is 11.8. The summed E-state index contributed by atoms with van der Waals surface area (Å²) in [7, 11) is 1.49. The highest BCUT2D eigenvalue weighted by atomic mass is 16.5. The predicted octanol–water partition coefficient (Wildman–Crippen LogP) is 3.81. The van der Waals surface area contributed by atoms with Crippen molar-refractivity contribution in [3.63, 3.8) is 0 Å². The molecular formula is C22H22N4O3. The van der Waals surface area contributed by atoms with E-state index in [2.05, 4.69) is 27.6 Å². The highest BCUT2D eigenvalue weighted by Crippen LogP contribution is 2.38. The topological polar surface area (TPSA) is 100 Å². The molecule has 1 aliphatic rings. The number of rotatable bonds is 5. The van der Waals surface area contributed by atoms with Crippen LogP contribution in [0.15, 0.2) is 42.5 Å². The molecule has 1 saturated heterocycles. The summed E-state index contributed by atoms with van der Waals surface area (Å²) in [5, 5.41) is 20.6. The first-order valence-corrected chi connectivity index (χ1v) is 9.57. The Morgan fingerprint density at radius 1 is 1.34 bits per heavy atom. The number of ether oxygens (including phenoxy) is 2. The van der Waals surface area contributed by atoms with Gasteiger partial charge in [-0.1, -0.05) is 24.3 Å². The molecule has 1 aromatic heterocycles. The van der Waals surface area contributed by atoms with E-state index in [9.17, 15) is 4.79 Å². The van der Waals surface area contributed by atoms with Gasteiger partial charge in [-0.05, 0) is 36.6 Å². The summed E-state index contributed by atoms with van der Waals surface area (Å²) in [5.41, 5.74) is 4.38. The molecule has 1 fully saturated rings. The van der Waals surface area contributed by atoms with Crippen LogP contribution in [0.3, 0.4) is 0 Å². The van der Waals surface area contributed by atoms with Gasteiger partial charge in [0.15, 0.2) is 0 Å². The lowest BCUT2D eigenvalue weighted by Gasteiger charge is -2.26. The van der Waals surface area contributed by atoms with Gasteiger partial charge < -0.3 is 14.8 Å². The van der Waals surface area contributed by atoms with Gasteiger partial charge in [-0.25, -0.2) is 0 Å². The SMILES string of the molecule is COCC(=O)Nc1cccc(-c2n[nH]c3cccc(C4CCC(C#N)CO4)c23)c1. The fourth-order valence-electron chi connectivity index (χ4n) is 3.75. The Bertz CT molecular complexity index is 1060. The first kappa shape index (κ1) is 19.1. The number of nitriles is 1. The number of methoxy groups -OCH3 is 1. The second-order valence-corrected chi connectivity index (χ2v) is 7.13. The largest absolute Gasteiger partial charge is 0.375 e. The maximum Gasteiger partial charge on any atom is 0.250 e. The second kappa shape index (κ2) is 8.43. The Labute approximate surface area is 168 Å². The Balaban J connectivity index is 1.69. The quantitative estimate of drug-likeness (QED) is 0.690. The number of amides is 1. The van der Waals surface area contributed by atoms with E-state index < -0.39 is 0 Å². The molecule has 1 amide bonds. The first-order valence-electron chi connectivity index (χ1n) is 9.57. The van der Waals surface area contributed by atoms with Crippen LogP contribution in [0.1, 0.15) is 24.5 Å². The molecule has 148 valence electrons. The van der Waals surface area contributed by atoms with Gasteiger partial charge in [0.25, 0.3) is 0 Å². The van der Waals surface area contributed by atoms with Gasteiger partial charge in [-0.3, -0.25) is 9.89 Å². The molecule has 0 radical (unpaired) electrons. The predicted molar refractivity (Wildman–Crippen MR) is 109 cm³/mol. The van der Waals surface area contributed by atoms with E-state index in [1.54, 1.807) is 0 Å². The highest BCUT2D eigenvalue weighted by molar-refractivity contribution is 5.97. The molecule has 7 heteroatoms. The fourth-order valence-corrected chi connectivity index (χ4v) is 3.75. The zero-order valence-electron chi connectivity index (χ0n) is 16.1. The van der Waals surface area contributed by atoms with Crippen LogP contribution in [0.5, 0.6) is 0 Å². The van der Waals surface area contributed by atoms with Crippen molar-refractivity contribution in [2.45, 2.75) is 18.9 Å². The van der Waals surface area contributed by atoms with Crippen LogP contribution in [0, 0.1) is 17.2 Å². The Hall–Kier alpha value is -3.21. The molecule has 2 unspecified atom stereocenters. The molecule has 1 aliphatic heterocycles. The number of hydrogen-bond acceptors (Lipinski definition) is 5. The minimum Gasteiger partial charge on any atom is -0.375 e. The number of nitrogens with one attached hydrogen (secondary N) is 2. The molecule has 0 bridgehead atoms. The summed E-state index contributed by atoms with van der Waals surface area (Å²) < 4.78 is 10.9. The van der Waals surface area contributed by atoms with Gasteiger partial charge in [0.2, 0.25) is 5.91 Å². The van der Waals surface area contributed by atoms with Crippen molar-refractivity contribution in [3.8, 4) is 17.3 Å². The van der Waals surface area contributed by atoms with E-state index in [-0.39, 0.29) is 24.5 Å². The van der Waals surface area contributed by atoms with Crippen LogP contribution in [0.25, 0.3) is 22.2 Å². The van der Waals surface area contributed by atoms with E-state index in [4.69, 9.17) is 14.7 Å². The third kappa shape index (κ3) is 3.99. The lowest BCUT2D eigenvalue weighted by Crippen LogP contribution is -2.19. The molecule has 0 spiro atoms. The van der Waals surface area contributed by atoms with Crippen molar-refractivity contribution >= 4 is 22.5 Å². The van der Waals surface area contributed by atoms with Crippen LogP contribution < -0.4 is 5.32 Å². The van der Waals surface area contributed by atoms with Gasteiger partial charge in [0, 0.05) is 23.7 Å². The van der Waals surface area contributed by atoms with Gasteiger partial charge >= 0.3 is 0 Å². The molecule has 2 heterocycles. The Morgan fingerprint density at radius 3 is 2.97 bits per heavy atom. The van der Waals surface area contributed by atoms with Gasteiger partial charge in [-0.15, -0.1) is 0 Å². The Morgan fingerprint density at radius 2 is 2.21 bits per heavy atom. The van der Waals surface area contributed by atoms with Crippen molar-refractivity contribution < 1.29 is 14.3 Å². The van der Waals surface area contributed by atoms with Crippen LogP contribution in [-0.4, -0.2) is 36.4 Å². The zero-order chi connectivity index (χ0) is 20.2. The summed E-state index contributed by atoms with van der Waals surface area (Å²) >= 11 is 0. The summed E-state index contributed by atoms with van der Waals surface area (Å²) in [4.78, 5) is 11.8. The van der Waals surface area contributed by atoms with E-state index in [0.717, 1.165) is 40.6 Å². The average molecular weight is 390 g/mol. The maximum absolute atomic E-state index is 11.8. The monoisotopic (exact) mass is 390 g/mol. The second-order valence-electron chi connectivity index (χ2n) is 7.13. The number of nitrogens with zero attached hydrogens (tertiary/aromatic N) is 2. The molecule has 2 N–H and O–H groups in total. The smallest absolute Gasteiger partial charge is 0.250 e. The number of H-pyrrole nitrogens is 1. The standard InChI is InChI=1S/C22H22N4O3/c1-28-13-20(27)24-16-5-2-4-15(10-16)22-21-17(6-3-7-18(21)25-26-22)19-9-8-14(11-23)12-29-19/h2-7,10,14,19H,8-9,12-13H2,1H3,(H,24,27)(H,25,26).